The van der Waals surface area contributed by atoms with Crippen molar-refractivity contribution in [3.8, 4) is 0 Å². The van der Waals surface area contributed by atoms with Gasteiger partial charge in [-0.15, -0.1) is 0 Å². The van der Waals surface area contributed by atoms with Gasteiger partial charge >= 0.3 is 0 Å². The summed E-state index contributed by atoms with van der Waals surface area (Å²) in [5, 5.41) is 3.04. The maximum absolute atomic E-state index is 12.8. The molecule has 0 radical (unpaired) electrons. The lowest BCUT2D eigenvalue weighted by Crippen LogP contribution is -2.28. The third-order valence-electron chi connectivity index (χ3n) is 4.98. The van der Waals surface area contributed by atoms with Crippen LogP contribution in [0.4, 0.5) is 0 Å². The molecule has 0 aliphatic rings. The molecule has 0 aliphatic heterocycles. The summed E-state index contributed by atoms with van der Waals surface area (Å²) >= 11 is 0. The summed E-state index contributed by atoms with van der Waals surface area (Å²) in [6.45, 7) is 1.90. The van der Waals surface area contributed by atoms with E-state index in [-0.39, 0.29) is 22.8 Å². The van der Waals surface area contributed by atoms with Crippen molar-refractivity contribution < 1.29 is 13.2 Å². The number of hydrogen-bond donors (Lipinski definition) is 1. The molecule has 3 rings (SSSR count). The first-order valence-corrected chi connectivity index (χ1v) is 11.4. The Hall–Kier alpha value is -2.92. The van der Waals surface area contributed by atoms with E-state index in [2.05, 4.69) is 5.32 Å². The highest BCUT2D eigenvalue weighted by Gasteiger charge is 2.19. The van der Waals surface area contributed by atoms with Crippen molar-refractivity contribution in [3.63, 3.8) is 0 Å². The van der Waals surface area contributed by atoms with Crippen LogP contribution in [-0.2, 0) is 14.6 Å². The normalized spacial score (nSPS) is 12.5. The molecule has 4 nitrogen and oxygen atoms in total. The van der Waals surface area contributed by atoms with Gasteiger partial charge in [0.2, 0.25) is 5.91 Å². The Kier molecular flexibility index (Phi) is 6.49. The van der Waals surface area contributed by atoms with Gasteiger partial charge in [0.05, 0.1) is 10.9 Å². The van der Waals surface area contributed by atoms with E-state index in [4.69, 9.17) is 0 Å². The molecule has 1 unspecified atom stereocenters. The Labute approximate surface area is 172 Å². The first-order chi connectivity index (χ1) is 13.8. The molecule has 0 heterocycles. The highest BCUT2D eigenvalue weighted by molar-refractivity contribution is 7.90. The van der Waals surface area contributed by atoms with E-state index < -0.39 is 9.84 Å². The molecular weight excluding hydrogens is 382 g/mol. The van der Waals surface area contributed by atoms with E-state index in [1.165, 1.54) is 6.26 Å². The van der Waals surface area contributed by atoms with Crippen LogP contribution in [-0.4, -0.2) is 20.6 Å². The zero-order chi connectivity index (χ0) is 20.9. The number of rotatable bonds is 7. The third-order valence-corrected chi connectivity index (χ3v) is 6.11. The second-order valence-corrected chi connectivity index (χ2v) is 9.22. The molecule has 3 aromatic carbocycles. The standard InChI is InChI=1S/C24H25NO3S/c1-18(19-13-15-22(16-14-19)29(2,27)28)25-24(26)17-23(20-9-5-3-6-10-20)21-11-7-4-8-12-21/h3-16,18,23H,17H2,1-2H3,(H,25,26). The number of carbonyl (C=O) groups is 1. The fraction of sp³-hybridized carbons (Fsp3) is 0.208. The van der Waals surface area contributed by atoms with Crippen molar-refractivity contribution in [1.82, 2.24) is 5.32 Å². The average Bonchev–Trinajstić information content (AvgIpc) is 2.73. The van der Waals surface area contributed by atoms with Crippen molar-refractivity contribution in [1.29, 1.82) is 0 Å². The summed E-state index contributed by atoms with van der Waals surface area (Å²) in [4.78, 5) is 13.1. The first-order valence-electron chi connectivity index (χ1n) is 9.54. The first kappa shape index (κ1) is 20.8. The van der Waals surface area contributed by atoms with Crippen LogP contribution in [0.3, 0.4) is 0 Å². The van der Waals surface area contributed by atoms with E-state index >= 15 is 0 Å². The van der Waals surface area contributed by atoms with Crippen molar-refractivity contribution in [2.45, 2.75) is 30.2 Å². The lowest BCUT2D eigenvalue weighted by Gasteiger charge is -2.20. The predicted molar refractivity (Wildman–Crippen MR) is 115 cm³/mol. The zero-order valence-electron chi connectivity index (χ0n) is 16.6. The summed E-state index contributed by atoms with van der Waals surface area (Å²) in [6, 6.07) is 26.4. The summed E-state index contributed by atoms with van der Waals surface area (Å²) in [7, 11) is -3.23. The van der Waals surface area contributed by atoms with Crippen molar-refractivity contribution in [3.05, 3.63) is 102 Å². The Bertz CT molecular complexity index is 1010. The van der Waals surface area contributed by atoms with E-state index in [1.54, 1.807) is 24.3 Å². The SMILES string of the molecule is CC(NC(=O)CC(c1ccccc1)c1ccccc1)c1ccc(S(C)(=O)=O)cc1. The maximum Gasteiger partial charge on any atom is 0.221 e. The molecular formula is C24H25NO3S. The van der Waals surface area contributed by atoms with Gasteiger partial charge in [-0.3, -0.25) is 4.79 Å². The molecule has 0 spiro atoms. The largest absolute Gasteiger partial charge is 0.350 e. The Morgan fingerprint density at radius 1 is 0.793 bits per heavy atom. The number of benzene rings is 3. The van der Waals surface area contributed by atoms with Crippen molar-refractivity contribution >= 4 is 15.7 Å². The lowest BCUT2D eigenvalue weighted by atomic mass is 9.88. The van der Waals surface area contributed by atoms with Gasteiger partial charge < -0.3 is 5.32 Å². The van der Waals surface area contributed by atoms with Crippen molar-refractivity contribution in [2.24, 2.45) is 0 Å². The molecule has 1 amide bonds. The molecule has 0 bridgehead atoms. The van der Waals surface area contributed by atoms with Gasteiger partial charge in [0, 0.05) is 18.6 Å². The lowest BCUT2D eigenvalue weighted by molar-refractivity contribution is -0.121. The number of carbonyl (C=O) groups excluding carboxylic acids is 1. The van der Waals surface area contributed by atoms with E-state index in [9.17, 15) is 13.2 Å². The molecule has 0 aromatic heterocycles. The Morgan fingerprint density at radius 2 is 1.28 bits per heavy atom. The molecule has 0 saturated carbocycles. The van der Waals surface area contributed by atoms with Crippen LogP contribution in [0.5, 0.6) is 0 Å². The van der Waals surface area contributed by atoms with Gasteiger partial charge in [0.1, 0.15) is 0 Å². The predicted octanol–water partition coefficient (Wildman–Crippen LogP) is 4.49. The quantitative estimate of drug-likeness (QED) is 0.628. The third kappa shape index (κ3) is 5.55. The molecule has 5 heteroatoms. The van der Waals surface area contributed by atoms with E-state index in [0.29, 0.717) is 6.42 Å². The number of sulfone groups is 1. The van der Waals surface area contributed by atoms with Gasteiger partial charge in [0.25, 0.3) is 0 Å². The van der Waals surface area contributed by atoms with E-state index in [1.807, 2.05) is 67.6 Å². The van der Waals surface area contributed by atoms with E-state index in [0.717, 1.165) is 16.7 Å². The monoisotopic (exact) mass is 407 g/mol. The highest BCUT2D eigenvalue weighted by atomic mass is 32.2. The number of amides is 1. The highest BCUT2D eigenvalue weighted by Crippen LogP contribution is 2.28. The van der Waals surface area contributed by atoms with Gasteiger partial charge in [-0.05, 0) is 35.7 Å². The van der Waals surface area contributed by atoms with Crippen molar-refractivity contribution in [2.75, 3.05) is 6.26 Å². The molecule has 29 heavy (non-hydrogen) atoms. The van der Waals surface area contributed by atoms with Crippen LogP contribution >= 0.6 is 0 Å². The Balaban J connectivity index is 1.73. The van der Waals surface area contributed by atoms with Gasteiger partial charge in [-0.1, -0.05) is 72.8 Å². The summed E-state index contributed by atoms with van der Waals surface area (Å²) in [5.41, 5.74) is 3.06. The fourth-order valence-electron chi connectivity index (χ4n) is 3.37. The topological polar surface area (TPSA) is 63.2 Å². The van der Waals surface area contributed by atoms with Gasteiger partial charge in [-0.2, -0.15) is 0 Å². The minimum Gasteiger partial charge on any atom is -0.350 e. The maximum atomic E-state index is 12.8. The average molecular weight is 408 g/mol. The zero-order valence-corrected chi connectivity index (χ0v) is 17.4. The molecule has 3 aromatic rings. The second-order valence-electron chi connectivity index (χ2n) is 7.21. The summed E-state index contributed by atoms with van der Waals surface area (Å²) < 4.78 is 23.2. The second kappa shape index (κ2) is 9.05. The molecule has 0 aliphatic carbocycles. The summed E-state index contributed by atoms with van der Waals surface area (Å²) in [5.74, 6) is -0.0837. The van der Waals surface area contributed by atoms with Crippen LogP contribution in [0, 0.1) is 0 Å². The number of hydrogen-bond acceptors (Lipinski definition) is 3. The molecule has 0 saturated heterocycles. The minimum atomic E-state index is -3.23. The van der Waals surface area contributed by atoms with Crippen LogP contribution in [0.25, 0.3) is 0 Å². The molecule has 1 N–H and O–H groups in total. The minimum absolute atomic E-state index is 0.0304. The molecule has 0 fully saturated rings. The van der Waals surface area contributed by atoms with Crippen LogP contribution in [0.2, 0.25) is 0 Å². The Morgan fingerprint density at radius 3 is 1.72 bits per heavy atom. The van der Waals surface area contributed by atoms with Crippen LogP contribution < -0.4 is 5.32 Å². The molecule has 1 atom stereocenters. The van der Waals surface area contributed by atoms with Gasteiger partial charge in [0.15, 0.2) is 9.84 Å². The summed E-state index contributed by atoms with van der Waals surface area (Å²) in [6.07, 6.45) is 1.51. The van der Waals surface area contributed by atoms with Crippen LogP contribution in [0.15, 0.2) is 89.8 Å². The smallest absolute Gasteiger partial charge is 0.221 e. The van der Waals surface area contributed by atoms with Gasteiger partial charge in [-0.25, -0.2) is 8.42 Å². The number of nitrogens with one attached hydrogen (secondary N) is 1. The molecule has 150 valence electrons. The van der Waals surface area contributed by atoms with Crippen LogP contribution in [0.1, 0.15) is 42.0 Å². The fourth-order valence-corrected chi connectivity index (χ4v) is 4.00.